The summed E-state index contributed by atoms with van der Waals surface area (Å²) in [6.07, 6.45) is 1.15. The fourth-order valence-electron chi connectivity index (χ4n) is 3.03. The first-order valence-corrected chi connectivity index (χ1v) is 10.5. The smallest absolute Gasteiger partial charge is 0.308 e. The second-order valence-electron chi connectivity index (χ2n) is 6.35. The lowest BCUT2D eigenvalue weighted by Crippen LogP contribution is -2.47. The van der Waals surface area contributed by atoms with E-state index in [9.17, 15) is 23.1 Å². The van der Waals surface area contributed by atoms with E-state index in [0.29, 0.717) is 17.7 Å². The Morgan fingerprint density at radius 3 is 2.46 bits per heavy atom. The Morgan fingerprint density at radius 2 is 1.81 bits per heavy atom. The molecular weight excluding hydrogens is 374 g/mol. The van der Waals surface area contributed by atoms with Crippen LogP contribution in [0.5, 0.6) is 0 Å². The van der Waals surface area contributed by atoms with E-state index >= 15 is 0 Å². The molecule has 1 N–H and O–H groups in total. The van der Waals surface area contributed by atoms with Gasteiger partial charge in [0.25, 0.3) is 5.91 Å². The van der Waals surface area contributed by atoms with Crippen molar-refractivity contribution in [1.82, 2.24) is 4.90 Å². The largest absolute Gasteiger partial charge is 0.481 e. The molecule has 0 radical (unpaired) electrons. The van der Waals surface area contributed by atoms with Crippen molar-refractivity contribution in [3.63, 3.8) is 0 Å². The molecule has 2 atom stereocenters. The zero-order chi connectivity index (χ0) is 18.9. The molecule has 0 aliphatic carbocycles. The molecule has 6 nitrogen and oxygen atoms in total. The van der Waals surface area contributed by atoms with Gasteiger partial charge < -0.3 is 10.0 Å². The highest BCUT2D eigenvalue weighted by Gasteiger charge is 2.34. The Bertz CT molecular complexity index is 920. The van der Waals surface area contributed by atoms with Gasteiger partial charge in [0.2, 0.25) is 9.84 Å². The molecule has 0 spiro atoms. The number of hydrogen-bond acceptors (Lipinski definition) is 5. The lowest BCUT2D eigenvalue weighted by Gasteiger charge is -2.36. The molecule has 1 aromatic carbocycles. The molecule has 1 aliphatic heterocycles. The van der Waals surface area contributed by atoms with Crippen LogP contribution in [0, 0.1) is 5.92 Å². The van der Waals surface area contributed by atoms with E-state index in [4.69, 9.17) is 0 Å². The number of piperidine rings is 1. The molecule has 2 heterocycles. The second kappa shape index (κ2) is 7.20. The highest BCUT2D eigenvalue weighted by Crippen LogP contribution is 2.30. The summed E-state index contributed by atoms with van der Waals surface area (Å²) in [6, 6.07) is 10.9. The highest BCUT2D eigenvalue weighted by atomic mass is 32.2. The van der Waals surface area contributed by atoms with E-state index in [-0.39, 0.29) is 27.6 Å². The number of carbonyl (C=O) groups excluding carboxylic acids is 1. The second-order valence-corrected chi connectivity index (χ2v) is 9.61. The molecule has 2 unspecified atom stereocenters. The van der Waals surface area contributed by atoms with Crippen molar-refractivity contribution in [2.24, 2.45) is 5.92 Å². The number of rotatable bonds is 4. The maximum atomic E-state index is 12.8. The number of benzene rings is 1. The molecule has 2 aromatic rings. The van der Waals surface area contributed by atoms with Crippen molar-refractivity contribution in [2.45, 2.75) is 34.9 Å². The molecule has 26 heavy (non-hydrogen) atoms. The van der Waals surface area contributed by atoms with Crippen LogP contribution in [0.3, 0.4) is 0 Å². The molecule has 3 rings (SSSR count). The zero-order valence-corrected chi connectivity index (χ0v) is 15.8. The van der Waals surface area contributed by atoms with Crippen molar-refractivity contribution in [3.05, 3.63) is 47.3 Å². The van der Waals surface area contributed by atoms with Gasteiger partial charge in [0.05, 0.1) is 15.7 Å². The first kappa shape index (κ1) is 18.6. The van der Waals surface area contributed by atoms with Crippen LogP contribution in [0.1, 0.15) is 29.4 Å². The quantitative estimate of drug-likeness (QED) is 0.862. The molecule has 0 bridgehead atoms. The number of carboxylic acids is 1. The summed E-state index contributed by atoms with van der Waals surface area (Å²) in [6.45, 7) is 2.03. The number of amides is 1. The first-order valence-electron chi connectivity index (χ1n) is 8.24. The Balaban J connectivity index is 1.85. The van der Waals surface area contributed by atoms with Crippen molar-refractivity contribution in [1.29, 1.82) is 0 Å². The van der Waals surface area contributed by atoms with E-state index in [1.807, 2.05) is 6.92 Å². The third-order valence-corrected chi connectivity index (χ3v) is 7.94. The average molecular weight is 393 g/mol. The van der Waals surface area contributed by atoms with Crippen LogP contribution in [0.4, 0.5) is 0 Å². The minimum atomic E-state index is -3.67. The zero-order valence-electron chi connectivity index (χ0n) is 14.2. The van der Waals surface area contributed by atoms with Gasteiger partial charge in [0.1, 0.15) is 4.21 Å². The van der Waals surface area contributed by atoms with Crippen LogP contribution in [0.25, 0.3) is 0 Å². The number of thiophene rings is 1. The summed E-state index contributed by atoms with van der Waals surface area (Å²) in [5, 5.41) is 9.22. The number of aliphatic carboxylic acids is 1. The number of sulfone groups is 1. The van der Waals surface area contributed by atoms with Gasteiger partial charge in [-0.25, -0.2) is 8.42 Å². The topological polar surface area (TPSA) is 91.8 Å². The lowest BCUT2D eigenvalue weighted by molar-refractivity contribution is -0.143. The van der Waals surface area contributed by atoms with Gasteiger partial charge in [-0.05, 0) is 44.0 Å². The summed E-state index contributed by atoms with van der Waals surface area (Å²) in [7, 11) is -3.67. The Hall–Kier alpha value is -2.19. The van der Waals surface area contributed by atoms with Crippen LogP contribution in [0.15, 0.2) is 51.6 Å². The minimum Gasteiger partial charge on any atom is -0.481 e. The number of carbonyl (C=O) groups is 2. The average Bonchev–Trinajstić information content (AvgIpc) is 3.13. The van der Waals surface area contributed by atoms with E-state index in [1.165, 1.54) is 29.2 Å². The van der Waals surface area contributed by atoms with Crippen molar-refractivity contribution in [3.8, 4) is 0 Å². The molecule has 1 fully saturated rings. The molecule has 1 aliphatic rings. The predicted molar refractivity (Wildman–Crippen MR) is 97.1 cm³/mol. The number of carboxylic acid groups (broad SMARTS) is 1. The molecule has 138 valence electrons. The van der Waals surface area contributed by atoms with Crippen molar-refractivity contribution >= 4 is 33.1 Å². The Labute approximate surface area is 156 Å². The van der Waals surface area contributed by atoms with Gasteiger partial charge in [-0.1, -0.05) is 18.2 Å². The maximum absolute atomic E-state index is 12.8. The third-order valence-electron chi connectivity index (χ3n) is 4.60. The minimum absolute atomic E-state index is 0.0746. The van der Waals surface area contributed by atoms with Gasteiger partial charge in [-0.2, -0.15) is 0 Å². The standard InChI is InChI=1S/C18H19NO5S2/c1-12-7-8-13(18(21)22)11-19(12)17(20)15-9-10-16(25-15)26(23,24)14-5-3-2-4-6-14/h2-6,9-10,12-13H,7-8,11H2,1H3,(H,21,22). The van der Waals surface area contributed by atoms with Crippen LogP contribution >= 0.6 is 11.3 Å². The predicted octanol–water partition coefficient (Wildman–Crippen LogP) is 2.91. The summed E-state index contributed by atoms with van der Waals surface area (Å²) < 4.78 is 25.4. The summed E-state index contributed by atoms with van der Waals surface area (Å²) in [5.41, 5.74) is 0. The van der Waals surface area contributed by atoms with E-state index in [1.54, 1.807) is 18.2 Å². The summed E-state index contributed by atoms with van der Waals surface area (Å²) in [4.78, 5) is 26.1. The molecular formula is C18H19NO5S2. The van der Waals surface area contributed by atoms with E-state index in [0.717, 1.165) is 11.3 Å². The number of hydrogen-bond donors (Lipinski definition) is 1. The van der Waals surface area contributed by atoms with Gasteiger partial charge in [-0.3, -0.25) is 9.59 Å². The molecule has 1 saturated heterocycles. The van der Waals surface area contributed by atoms with Crippen LogP contribution in [-0.4, -0.2) is 42.9 Å². The number of likely N-dealkylation sites (tertiary alicyclic amines) is 1. The van der Waals surface area contributed by atoms with Gasteiger partial charge in [-0.15, -0.1) is 11.3 Å². The first-order chi connectivity index (χ1) is 12.3. The van der Waals surface area contributed by atoms with Crippen molar-refractivity contribution < 1.29 is 23.1 Å². The van der Waals surface area contributed by atoms with Gasteiger partial charge in [0.15, 0.2) is 0 Å². The van der Waals surface area contributed by atoms with E-state index < -0.39 is 21.7 Å². The SMILES string of the molecule is CC1CCC(C(=O)O)CN1C(=O)c1ccc(S(=O)(=O)c2ccccc2)s1. The Kier molecular flexibility index (Phi) is 5.15. The summed E-state index contributed by atoms with van der Waals surface area (Å²) >= 11 is 0.921. The molecule has 0 saturated carbocycles. The maximum Gasteiger partial charge on any atom is 0.308 e. The third kappa shape index (κ3) is 3.52. The van der Waals surface area contributed by atoms with Crippen molar-refractivity contribution in [2.75, 3.05) is 6.54 Å². The van der Waals surface area contributed by atoms with E-state index in [2.05, 4.69) is 0 Å². The van der Waals surface area contributed by atoms with Gasteiger partial charge in [0, 0.05) is 12.6 Å². The highest BCUT2D eigenvalue weighted by molar-refractivity contribution is 7.93. The van der Waals surface area contributed by atoms with Crippen LogP contribution in [-0.2, 0) is 14.6 Å². The number of nitrogens with zero attached hydrogens (tertiary/aromatic N) is 1. The molecule has 8 heteroatoms. The van der Waals surface area contributed by atoms with Gasteiger partial charge >= 0.3 is 5.97 Å². The molecule has 1 amide bonds. The fourth-order valence-corrected chi connectivity index (χ4v) is 5.71. The molecule has 1 aromatic heterocycles. The monoisotopic (exact) mass is 393 g/mol. The van der Waals surface area contributed by atoms with Crippen LogP contribution in [0.2, 0.25) is 0 Å². The fraction of sp³-hybridized carbons (Fsp3) is 0.333. The Morgan fingerprint density at radius 1 is 1.12 bits per heavy atom. The lowest BCUT2D eigenvalue weighted by atomic mass is 9.93. The van der Waals surface area contributed by atoms with Crippen LogP contribution < -0.4 is 0 Å². The normalized spacial score (nSPS) is 20.7. The summed E-state index contributed by atoms with van der Waals surface area (Å²) in [5.74, 6) is -1.81.